The second-order valence-electron chi connectivity index (χ2n) is 4.07. The first-order valence-electron chi connectivity index (χ1n) is 5.91. The topological polar surface area (TPSA) is 27.8 Å². The third kappa shape index (κ3) is 3.33. The van der Waals surface area contributed by atoms with Crippen LogP contribution in [0.15, 0.2) is 61.3 Å². The highest BCUT2D eigenvalue weighted by atomic mass is 14.9. The van der Waals surface area contributed by atoms with Crippen LogP contribution in [-0.4, -0.2) is 4.98 Å². The monoisotopic (exact) mass is 226 g/mol. The fraction of sp³-hybridized carbons (Fsp3) is 0.200. The van der Waals surface area contributed by atoms with Crippen molar-refractivity contribution in [1.29, 1.82) is 0 Å². The molecule has 0 fully saturated rings. The highest BCUT2D eigenvalue weighted by Gasteiger charge is 2.09. The van der Waals surface area contributed by atoms with E-state index < -0.39 is 0 Å². The van der Waals surface area contributed by atoms with Crippen LogP contribution in [0.5, 0.6) is 0 Å². The van der Waals surface area contributed by atoms with Crippen molar-refractivity contribution in [3.63, 3.8) is 0 Å². The SMILES string of the molecule is C=CCC(NCc1ccccc1)c1ccc[nH]1. The Kier molecular flexibility index (Phi) is 4.17. The summed E-state index contributed by atoms with van der Waals surface area (Å²) in [6.45, 7) is 4.68. The summed E-state index contributed by atoms with van der Waals surface area (Å²) in [7, 11) is 0. The number of hydrogen-bond donors (Lipinski definition) is 2. The normalized spacial score (nSPS) is 12.2. The molecule has 2 nitrogen and oxygen atoms in total. The predicted molar refractivity (Wildman–Crippen MR) is 71.6 cm³/mol. The molecule has 1 unspecified atom stereocenters. The number of rotatable bonds is 6. The van der Waals surface area contributed by atoms with Crippen LogP contribution in [0.4, 0.5) is 0 Å². The molecule has 0 saturated carbocycles. The molecule has 1 atom stereocenters. The van der Waals surface area contributed by atoms with Crippen LogP contribution in [-0.2, 0) is 6.54 Å². The fourth-order valence-corrected chi connectivity index (χ4v) is 1.88. The summed E-state index contributed by atoms with van der Waals surface area (Å²) in [5.74, 6) is 0. The molecule has 2 N–H and O–H groups in total. The van der Waals surface area contributed by atoms with Gasteiger partial charge in [0.05, 0.1) is 6.04 Å². The van der Waals surface area contributed by atoms with Gasteiger partial charge in [-0.05, 0) is 24.1 Å². The molecule has 1 heterocycles. The Morgan fingerprint density at radius 2 is 2.00 bits per heavy atom. The highest BCUT2D eigenvalue weighted by molar-refractivity contribution is 5.16. The van der Waals surface area contributed by atoms with Crippen molar-refractivity contribution in [2.75, 3.05) is 0 Å². The van der Waals surface area contributed by atoms with E-state index >= 15 is 0 Å². The lowest BCUT2D eigenvalue weighted by Crippen LogP contribution is -2.20. The lowest BCUT2D eigenvalue weighted by Gasteiger charge is -2.16. The first-order chi connectivity index (χ1) is 8.40. The van der Waals surface area contributed by atoms with Crippen LogP contribution in [0.2, 0.25) is 0 Å². The van der Waals surface area contributed by atoms with Gasteiger partial charge in [0.25, 0.3) is 0 Å². The zero-order chi connectivity index (χ0) is 11.9. The van der Waals surface area contributed by atoms with Gasteiger partial charge in [0, 0.05) is 18.4 Å². The minimum atomic E-state index is 0.308. The maximum atomic E-state index is 3.81. The molecule has 0 saturated heterocycles. The lowest BCUT2D eigenvalue weighted by atomic mass is 10.1. The van der Waals surface area contributed by atoms with Gasteiger partial charge >= 0.3 is 0 Å². The average molecular weight is 226 g/mol. The summed E-state index contributed by atoms with van der Waals surface area (Å²) in [4.78, 5) is 3.25. The summed E-state index contributed by atoms with van der Waals surface area (Å²) in [6, 6.07) is 14.9. The van der Waals surface area contributed by atoms with Crippen molar-refractivity contribution < 1.29 is 0 Å². The molecule has 0 aliphatic carbocycles. The van der Waals surface area contributed by atoms with Crippen molar-refractivity contribution in [1.82, 2.24) is 10.3 Å². The third-order valence-corrected chi connectivity index (χ3v) is 2.80. The van der Waals surface area contributed by atoms with E-state index in [1.165, 1.54) is 11.3 Å². The first kappa shape index (κ1) is 11.7. The van der Waals surface area contributed by atoms with Crippen LogP contribution in [0.3, 0.4) is 0 Å². The van der Waals surface area contributed by atoms with E-state index in [-0.39, 0.29) is 0 Å². The number of nitrogens with one attached hydrogen (secondary N) is 2. The van der Waals surface area contributed by atoms with E-state index in [4.69, 9.17) is 0 Å². The van der Waals surface area contributed by atoms with Crippen LogP contribution in [0.25, 0.3) is 0 Å². The summed E-state index contributed by atoms with van der Waals surface area (Å²) in [5, 5.41) is 3.54. The number of benzene rings is 1. The second kappa shape index (κ2) is 6.06. The van der Waals surface area contributed by atoms with Gasteiger partial charge in [0.15, 0.2) is 0 Å². The molecule has 2 heteroatoms. The maximum absolute atomic E-state index is 3.81. The molecule has 2 rings (SSSR count). The quantitative estimate of drug-likeness (QED) is 0.726. The Morgan fingerprint density at radius 1 is 1.18 bits per heavy atom. The predicted octanol–water partition coefficient (Wildman–Crippen LogP) is 3.42. The second-order valence-corrected chi connectivity index (χ2v) is 4.07. The van der Waals surface area contributed by atoms with E-state index in [0.29, 0.717) is 6.04 Å². The Bertz CT molecular complexity index is 431. The molecule has 0 radical (unpaired) electrons. The van der Waals surface area contributed by atoms with Crippen LogP contribution in [0, 0.1) is 0 Å². The number of aromatic nitrogens is 1. The van der Waals surface area contributed by atoms with Gasteiger partial charge in [0.2, 0.25) is 0 Å². The zero-order valence-corrected chi connectivity index (χ0v) is 9.89. The molecule has 2 aromatic rings. The molecule has 0 aliphatic heterocycles. The number of H-pyrrole nitrogens is 1. The van der Waals surface area contributed by atoms with Crippen LogP contribution in [0.1, 0.15) is 23.7 Å². The van der Waals surface area contributed by atoms with E-state index in [2.05, 4.69) is 47.2 Å². The minimum Gasteiger partial charge on any atom is -0.364 e. The van der Waals surface area contributed by atoms with Crippen molar-refractivity contribution in [3.8, 4) is 0 Å². The Balaban J connectivity index is 1.97. The smallest absolute Gasteiger partial charge is 0.0510 e. The largest absolute Gasteiger partial charge is 0.364 e. The number of aromatic amines is 1. The van der Waals surface area contributed by atoms with Crippen LogP contribution >= 0.6 is 0 Å². The van der Waals surface area contributed by atoms with E-state index in [9.17, 15) is 0 Å². The molecule has 0 spiro atoms. The highest BCUT2D eigenvalue weighted by Crippen LogP contribution is 2.15. The maximum Gasteiger partial charge on any atom is 0.0510 e. The Morgan fingerprint density at radius 3 is 2.65 bits per heavy atom. The standard InChI is InChI=1S/C15H18N2/c1-2-7-14(15-10-6-11-16-15)17-12-13-8-4-3-5-9-13/h2-6,8-11,14,16-17H,1,7,12H2. The first-order valence-corrected chi connectivity index (χ1v) is 5.91. The summed E-state index contributed by atoms with van der Waals surface area (Å²) < 4.78 is 0. The van der Waals surface area contributed by atoms with E-state index in [1.54, 1.807) is 0 Å². The fourth-order valence-electron chi connectivity index (χ4n) is 1.88. The van der Waals surface area contributed by atoms with E-state index in [0.717, 1.165) is 13.0 Å². The molecule has 0 amide bonds. The van der Waals surface area contributed by atoms with Gasteiger partial charge in [-0.3, -0.25) is 0 Å². The Hall–Kier alpha value is -1.80. The van der Waals surface area contributed by atoms with Gasteiger partial charge in [-0.25, -0.2) is 0 Å². The molecule has 0 aliphatic rings. The van der Waals surface area contributed by atoms with E-state index in [1.807, 2.05) is 24.4 Å². The van der Waals surface area contributed by atoms with Crippen LogP contribution < -0.4 is 5.32 Å². The van der Waals surface area contributed by atoms with Gasteiger partial charge < -0.3 is 10.3 Å². The molecule has 1 aromatic carbocycles. The average Bonchev–Trinajstić information content (AvgIpc) is 2.89. The molecule has 17 heavy (non-hydrogen) atoms. The molecule has 1 aromatic heterocycles. The molecule has 88 valence electrons. The Labute approximate surface area is 102 Å². The van der Waals surface area contributed by atoms with Crippen molar-refractivity contribution in [2.45, 2.75) is 19.0 Å². The lowest BCUT2D eigenvalue weighted by molar-refractivity contribution is 0.529. The van der Waals surface area contributed by atoms with Crippen molar-refractivity contribution >= 4 is 0 Å². The van der Waals surface area contributed by atoms with Gasteiger partial charge in [-0.1, -0.05) is 36.4 Å². The zero-order valence-electron chi connectivity index (χ0n) is 9.89. The van der Waals surface area contributed by atoms with Crippen molar-refractivity contribution in [2.24, 2.45) is 0 Å². The summed E-state index contributed by atoms with van der Waals surface area (Å²) >= 11 is 0. The number of hydrogen-bond acceptors (Lipinski definition) is 1. The van der Waals surface area contributed by atoms with Crippen molar-refractivity contribution in [3.05, 3.63) is 72.6 Å². The summed E-state index contributed by atoms with van der Waals surface area (Å²) in [5.41, 5.74) is 2.51. The molecular weight excluding hydrogens is 208 g/mol. The van der Waals surface area contributed by atoms with Gasteiger partial charge in [-0.2, -0.15) is 0 Å². The summed E-state index contributed by atoms with van der Waals surface area (Å²) in [6.07, 6.45) is 4.83. The van der Waals surface area contributed by atoms with Gasteiger partial charge in [0.1, 0.15) is 0 Å². The molecular formula is C15H18N2. The third-order valence-electron chi connectivity index (χ3n) is 2.80. The van der Waals surface area contributed by atoms with Gasteiger partial charge in [-0.15, -0.1) is 6.58 Å². The minimum absolute atomic E-state index is 0.308. The molecule has 0 bridgehead atoms.